The normalized spacial score (nSPS) is 11.0. The standard InChI is InChI=1S/C13H12ClN5O2/c1-18-10-9(11(20)19(2)13(18)21)16-12(17-10)15-8-6-4-3-5-7(8)14/h3-6H,1-2H3,(H2,15,16,17). The van der Waals surface area contributed by atoms with Crippen LogP contribution in [-0.2, 0) is 14.1 Å². The average molecular weight is 306 g/mol. The summed E-state index contributed by atoms with van der Waals surface area (Å²) in [5.41, 5.74) is 0.350. The molecule has 0 fully saturated rings. The van der Waals surface area contributed by atoms with Gasteiger partial charge in [0.05, 0.1) is 10.7 Å². The fourth-order valence-corrected chi connectivity index (χ4v) is 2.26. The highest BCUT2D eigenvalue weighted by Gasteiger charge is 2.13. The molecule has 0 aliphatic rings. The van der Waals surface area contributed by atoms with Crippen LogP contribution >= 0.6 is 11.6 Å². The van der Waals surface area contributed by atoms with Gasteiger partial charge in [-0.3, -0.25) is 13.9 Å². The van der Waals surface area contributed by atoms with Crippen LogP contribution in [0.25, 0.3) is 11.2 Å². The van der Waals surface area contributed by atoms with Gasteiger partial charge < -0.3 is 10.3 Å². The van der Waals surface area contributed by atoms with Crippen LogP contribution in [0, 0.1) is 0 Å². The molecule has 8 heteroatoms. The molecule has 1 aromatic carbocycles. The molecular formula is C13H12ClN5O2. The SMILES string of the molecule is Cn1c(=O)c2[nH]c(Nc3ccccc3Cl)nc2n(C)c1=O. The van der Waals surface area contributed by atoms with Gasteiger partial charge in [0.25, 0.3) is 5.56 Å². The van der Waals surface area contributed by atoms with Crippen molar-refractivity contribution in [1.82, 2.24) is 19.1 Å². The third kappa shape index (κ3) is 2.11. The molecule has 3 aromatic rings. The van der Waals surface area contributed by atoms with Gasteiger partial charge in [-0.2, -0.15) is 4.98 Å². The fraction of sp³-hybridized carbons (Fsp3) is 0.154. The summed E-state index contributed by atoms with van der Waals surface area (Å²) in [4.78, 5) is 31.0. The van der Waals surface area contributed by atoms with Crippen LogP contribution in [0.2, 0.25) is 5.02 Å². The number of aryl methyl sites for hydroxylation is 1. The molecule has 0 spiro atoms. The van der Waals surface area contributed by atoms with Gasteiger partial charge in [0, 0.05) is 14.1 Å². The monoisotopic (exact) mass is 305 g/mol. The molecule has 0 bridgehead atoms. The van der Waals surface area contributed by atoms with Gasteiger partial charge in [-0.25, -0.2) is 4.79 Å². The lowest BCUT2D eigenvalue weighted by atomic mass is 10.3. The van der Waals surface area contributed by atoms with E-state index >= 15 is 0 Å². The van der Waals surface area contributed by atoms with E-state index < -0.39 is 11.2 Å². The first kappa shape index (κ1) is 13.4. The Kier molecular flexibility index (Phi) is 3.06. The second kappa shape index (κ2) is 4.78. The van der Waals surface area contributed by atoms with E-state index in [1.165, 1.54) is 11.6 Å². The number of nitrogens with zero attached hydrogens (tertiary/aromatic N) is 3. The van der Waals surface area contributed by atoms with E-state index in [1.807, 2.05) is 12.1 Å². The smallest absolute Gasteiger partial charge is 0.324 e. The lowest BCUT2D eigenvalue weighted by Crippen LogP contribution is -2.36. The number of hydrogen-bond donors (Lipinski definition) is 2. The lowest BCUT2D eigenvalue weighted by Gasteiger charge is -2.03. The minimum Gasteiger partial charge on any atom is -0.324 e. The van der Waals surface area contributed by atoms with Crippen LogP contribution < -0.4 is 16.6 Å². The third-order valence-corrected chi connectivity index (χ3v) is 3.55. The van der Waals surface area contributed by atoms with Gasteiger partial charge in [-0.1, -0.05) is 23.7 Å². The molecule has 7 nitrogen and oxygen atoms in total. The Morgan fingerprint density at radius 3 is 2.62 bits per heavy atom. The number of fused-ring (bicyclic) bond motifs is 1. The number of para-hydroxylation sites is 1. The molecule has 21 heavy (non-hydrogen) atoms. The zero-order valence-electron chi connectivity index (χ0n) is 11.3. The second-order valence-electron chi connectivity index (χ2n) is 4.59. The summed E-state index contributed by atoms with van der Waals surface area (Å²) < 4.78 is 2.34. The number of nitrogens with one attached hydrogen (secondary N) is 2. The number of aromatic amines is 1. The van der Waals surface area contributed by atoms with E-state index in [2.05, 4.69) is 15.3 Å². The molecule has 2 heterocycles. The van der Waals surface area contributed by atoms with Gasteiger partial charge in [-0.15, -0.1) is 0 Å². The summed E-state index contributed by atoms with van der Waals surface area (Å²) in [6.45, 7) is 0. The summed E-state index contributed by atoms with van der Waals surface area (Å²) in [7, 11) is 2.98. The molecule has 0 aliphatic carbocycles. The minimum absolute atomic E-state index is 0.258. The van der Waals surface area contributed by atoms with Crippen LogP contribution in [0.1, 0.15) is 0 Å². The van der Waals surface area contributed by atoms with E-state index in [-0.39, 0.29) is 11.2 Å². The third-order valence-electron chi connectivity index (χ3n) is 3.22. The van der Waals surface area contributed by atoms with Gasteiger partial charge in [0.2, 0.25) is 5.95 Å². The van der Waals surface area contributed by atoms with Crippen molar-refractivity contribution in [3.8, 4) is 0 Å². The number of hydrogen-bond acceptors (Lipinski definition) is 4. The van der Waals surface area contributed by atoms with E-state index in [1.54, 1.807) is 19.2 Å². The zero-order valence-corrected chi connectivity index (χ0v) is 12.1. The van der Waals surface area contributed by atoms with E-state index in [9.17, 15) is 9.59 Å². The molecule has 0 unspecified atom stereocenters. The number of anilines is 2. The highest BCUT2D eigenvalue weighted by Crippen LogP contribution is 2.23. The first-order valence-electron chi connectivity index (χ1n) is 6.16. The summed E-state index contributed by atoms with van der Waals surface area (Å²) >= 11 is 6.06. The Morgan fingerprint density at radius 1 is 1.19 bits per heavy atom. The number of benzene rings is 1. The van der Waals surface area contributed by atoms with Crippen molar-refractivity contribution in [2.75, 3.05) is 5.32 Å². The molecule has 0 radical (unpaired) electrons. The lowest BCUT2D eigenvalue weighted by molar-refractivity contribution is 0.709. The van der Waals surface area contributed by atoms with Crippen LogP contribution in [0.5, 0.6) is 0 Å². The van der Waals surface area contributed by atoms with Crippen molar-refractivity contribution < 1.29 is 0 Å². The fourth-order valence-electron chi connectivity index (χ4n) is 2.08. The van der Waals surface area contributed by atoms with Crippen LogP contribution in [0.15, 0.2) is 33.9 Å². The molecule has 3 rings (SSSR count). The molecule has 0 saturated carbocycles. The molecule has 108 valence electrons. The van der Waals surface area contributed by atoms with Crippen LogP contribution in [-0.4, -0.2) is 19.1 Å². The summed E-state index contributed by atoms with van der Waals surface area (Å²) in [6.07, 6.45) is 0. The van der Waals surface area contributed by atoms with Crippen molar-refractivity contribution in [2.45, 2.75) is 0 Å². The Hall–Kier alpha value is -2.54. The summed E-state index contributed by atoms with van der Waals surface area (Å²) in [6, 6.07) is 7.16. The maximum Gasteiger partial charge on any atom is 0.332 e. The Bertz CT molecular complexity index is 953. The molecule has 2 N–H and O–H groups in total. The Labute approximate surface area is 123 Å². The molecule has 0 aliphatic heterocycles. The van der Waals surface area contributed by atoms with Crippen molar-refractivity contribution in [3.63, 3.8) is 0 Å². The van der Waals surface area contributed by atoms with E-state index in [0.29, 0.717) is 16.7 Å². The second-order valence-corrected chi connectivity index (χ2v) is 5.00. The van der Waals surface area contributed by atoms with E-state index in [4.69, 9.17) is 11.6 Å². The summed E-state index contributed by atoms with van der Waals surface area (Å²) in [5, 5.41) is 3.52. The van der Waals surface area contributed by atoms with Crippen LogP contribution in [0.4, 0.5) is 11.6 Å². The molecular weight excluding hydrogens is 294 g/mol. The van der Waals surface area contributed by atoms with Crippen molar-refractivity contribution in [3.05, 3.63) is 50.1 Å². The van der Waals surface area contributed by atoms with Gasteiger partial charge in [0.15, 0.2) is 11.2 Å². The average Bonchev–Trinajstić information content (AvgIpc) is 2.89. The molecule has 0 saturated heterocycles. The highest BCUT2D eigenvalue weighted by molar-refractivity contribution is 6.33. The first-order chi connectivity index (χ1) is 9.99. The summed E-state index contributed by atoms with van der Waals surface area (Å²) in [5.74, 6) is 0.344. The number of rotatable bonds is 2. The number of imidazole rings is 1. The predicted octanol–water partition coefficient (Wildman–Crippen LogP) is 1.36. The zero-order chi connectivity index (χ0) is 15.1. The highest BCUT2D eigenvalue weighted by atomic mass is 35.5. The Morgan fingerprint density at radius 2 is 1.90 bits per heavy atom. The first-order valence-corrected chi connectivity index (χ1v) is 6.54. The van der Waals surface area contributed by atoms with Gasteiger partial charge in [-0.05, 0) is 12.1 Å². The van der Waals surface area contributed by atoms with Gasteiger partial charge >= 0.3 is 5.69 Å². The maximum atomic E-state index is 12.1. The van der Waals surface area contributed by atoms with Crippen molar-refractivity contribution in [2.24, 2.45) is 14.1 Å². The predicted molar refractivity (Wildman–Crippen MR) is 81.3 cm³/mol. The van der Waals surface area contributed by atoms with Crippen molar-refractivity contribution >= 4 is 34.4 Å². The maximum absolute atomic E-state index is 12.1. The van der Waals surface area contributed by atoms with Crippen molar-refractivity contribution in [1.29, 1.82) is 0 Å². The number of aromatic nitrogens is 4. The quantitative estimate of drug-likeness (QED) is 0.748. The Balaban J connectivity index is 2.17. The molecule has 0 amide bonds. The molecule has 2 aromatic heterocycles. The van der Waals surface area contributed by atoms with Gasteiger partial charge in [0.1, 0.15) is 0 Å². The number of halogens is 1. The topological polar surface area (TPSA) is 84.7 Å². The van der Waals surface area contributed by atoms with E-state index in [0.717, 1.165) is 4.57 Å². The van der Waals surface area contributed by atoms with Crippen LogP contribution in [0.3, 0.4) is 0 Å². The molecule has 0 atom stereocenters. The number of H-pyrrole nitrogens is 1. The minimum atomic E-state index is -0.428. The largest absolute Gasteiger partial charge is 0.332 e.